The molecule has 1 N–H and O–H groups in total. The van der Waals surface area contributed by atoms with Gasteiger partial charge in [0.25, 0.3) is 11.7 Å². The van der Waals surface area contributed by atoms with E-state index in [9.17, 15) is 14.7 Å². The molecule has 2 aromatic carbocycles. The third-order valence-electron chi connectivity index (χ3n) is 6.25. The van der Waals surface area contributed by atoms with Crippen molar-refractivity contribution in [2.45, 2.75) is 32.9 Å². The standard InChI is InChI=1S/C29H30N2O6/c1-5-13-37-22-10-9-21(14-18(22)2)27(32)25-26(20-8-11-23(35-3)24(15-20)36-4)31(29(34)28(25)33)17-19-7-6-12-30-16-19/h6-12,14-16,26,32H,5,13,17H2,1-4H3. The Morgan fingerprint density at radius 2 is 1.78 bits per heavy atom. The van der Waals surface area contributed by atoms with Crippen LogP contribution in [0.4, 0.5) is 0 Å². The molecule has 1 aliphatic rings. The maximum Gasteiger partial charge on any atom is 0.295 e. The van der Waals surface area contributed by atoms with Crippen molar-refractivity contribution in [3.05, 3.63) is 88.8 Å². The van der Waals surface area contributed by atoms with Gasteiger partial charge in [-0.3, -0.25) is 14.6 Å². The number of likely N-dealkylation sites (tertiary alicyclic amines) is 1. The summed E-state index contributed by atoms with van der Waals surface area (Å²) in [6, 6.07) is 13.1. The van der Waals surface area contributed by atoms with E-state index in [4.69, 9.17) is 14.2 Å². The highest BCUT2D eigenvalue weighted by Gasteiger charge is 2.46. The molecule has 192 valence electrons. The fourth-order valence-corrected chi connectivity index (χ4v) is 4.43. The number of benzene rings is 2. The lowest BCUT2D eigenvalue weighted by molar-refractivity contribution is -0.140. The smallest absolute Gasteiger partial charge is 0.295 e. The number of ether oxygens (including phenoxy) is 3. The number of hydrogen-bond acceptors (Lipinski definition) is 7. The summed E-state index contributed by atoms with van der Waals surface area (Å²) in [4.78, 5) is 32.2. The van der Waals surface area contributed by atoms with Crippen LogP contribution in [0.3, 0.4) is 0 Å². The zero-order valence-electron chi connectivity index (χ0n) is 21.4. The Hall–Kier alpha value is -4.33. The number of nitrogens with zero attached hydrogens (tertiary/aromatic N) is 2. The highest BCUT2D eigenvalue weighted by atomic mass is 16.5. The molecule has 1 atom stereocenters. The summed E-state index contributed by atoms with van der Waals surface area (Å²) in [6.07, 6.45) is 4.15. The molecule has 0 radical (unpaired) electrons. The number of aromatic nitrogens is 1. The topological polar surface area (TPSA) is 98.2 Å². The Labute approximate surface area is 216 Å². The molecule has 0 aliphatic carbocycles. The first-order valence-corrected chi connectivity index (χ1v) is 12.0. The lowest BCUT2D eigenvalue weighted by Gasteiger charge is -2.26. The van der Waals surface area contributed by atoms with Gasteiger partial charge in [-0.1, -0.05) is 19.1 Å². The molecule has 37 heavy (non-hydrogen) atoms. The summed E-state index contributed by atoms with van der Waals surface area (Å²) in [6.45, 7) is 4.60. The zero-order valence-corrected chi connectivity index (χ0v) is 21.4. The molecule has 4 rings (SSSR count). The van der Waals surface area contributed by atoms with Crippen molar-refractivity contribution < 1.29 is 28.9 Å². The van der Waals surface area contributed by atoms with Crippen LogP contribution in [0.2, 0.25) is 0 Å². The highest BCUT2D eigenvalue weighted by Crippen LogP contribution is 2.43. The lowest BCUT2D eigenvalue weighted by Crippen LogP contribution is -2.29. The molecule has 8 nitrogen and oxygen atoms in total. The molecule has 1 saturated heterocycles. The molecule has 0 bridgehead atoms. The summed E-state index contributed by atoms with van der Waals surface area (Å²) in [5.41, 5.74) is 2.59. The third-order valence-corrected chi connectivity index (χ3v) is 6.25. The van der Waals surface area contributed by atoms with Gasteiger partial charge in [0.05, 0.1) is 32.4 Å². The molecule has 3 aromatic rings. The Bertz CT molecular complexity index is 1340. The van der Waals surface area contributed by atoms with Gasteiger partial charge in [0.2, 0.25) is 0 Å². The first kappa shape index (κ1) is 25.8. The number of hydrogen-bond donors (Lipinski definition) is 1. The summed E-state index contributed by atoms with van der Waals surface area (Å²) in [5.74, 6) is -0.0623. The van der Waals surface area contributed by atoms with E-state index in [1.54, 1.807) is 54.9 Å². The lowest BCUT2D eigenvalue weighted by atomic mass is 9.94. The minimum atomic E-state index is -0.851. The minimum Gasteiger partial charge on any atom is -0.507 e. The summed E-state index contributed by atoms with van der Waals surface area (Å²) in [7, 11) is 3.04. The van der Waals surface area contributed by atoms with Crippen molar-refractivity contribution in [1.29, 1.82) is 0 Å². The predicted molar refractivity (Wildman–Crippen MR) is 139 cm³/mol. The van der Waals surface area contributed by atoms with Gasteiger partial charge < -0.3 is 24.2 Å². The van der Waals surface area contributed by atoms with Crippen molar-refractivity contribution in [1.82, 2.24) is 9.88 Å². The second-order valence-corrected chi connectivity index (χ2v) is 8.73. The molecule has 8 heteroatoms. The molecule has 1 aliphatic heterocycles. The Kier molecular flexibility index (Phi) is 7.77. The number of amides is 1. The number of aliphatic hydroxyl groups excluding tert-OH is 1. The number of Topliss-reactive ketones (excluding diaryl/α,β-unsaturated/α-hetero) is 1. The molecule has 1 amide bonds. The average molecular weight is 503 g/mol. The van der Waals surface area contributed by atoms with Crippen LogP contribution in [0.5, 0.6) is 17.2 Å². The number of carbonyl (C=O) groups is 2. The number of ketones is 1. The van der Waals surface area contributed by atoms with Crippen molar-refractivity contribution in [3.8, 4) is 17.2 Å². The van der Waals surface area contributed by atoms with Crippen LogP contribution in [0.1, 0.15) is 41.6 Å². The first-order valence-electron chi connectivity index (χ1n) is 12.0. The van der Waals surface area contributed by atoms with Crippen molar-refractivity contribution >= 4 is 17.4 Å². The molecule has 2 heterocycles. The molecule has 1 aromatic heterocycles. The number of pyridine rings is 1. The van der Waals surface area contributed by atoms with E-state index in [1.807, 2.05) is 19.9 Å². The van der Waals surface area contributed by atoms with Crippen LogP contribution in [0.15, 0.2) is 66.5 Å². The van der Waals surface area contributed by atoms with Gasteiger partial charge in [0, 0.05) is 24.5 Å². The van der Waals surface area contributed by atoms with Gasteiger partial charge in [-0.05, 0) is 66.4 Å². The van der Waals surface area contributed by atoms with Gasteiger partial charge in [0.15, 0.2) is 11.5 Å². The van der Waals surface area contributed by atoms with Gasteiger partial charge in [-0.2, -0.15) is 0 Å². The minimum absolute atomic E-state index is 0.00253. The highest BCUT2D eigenvalue weighted by molar-refractivity contribution is 6.46. The van der Waals surface area contributed by atoms with Crippen LogP contribution in [0, 0.1) is 6.92 Å². The molecular weight excluding hydrogens is 472 g/mol. The van der Waals surface area contributed by atoms with Gasteiger partial charge in [-0.25, -0.2) is 0 Å². The van der Waals surface area contributed by atoms with E-state index in [0.29, 0.717) is 35.0 Å². The van der Waals surface area contributed by atoms with Crippen LogP contribution in [-0.2, 0) is 16.1 Å². The number of aliphatic hydroxyl groups is 1. The zero-order chi connectivity index (χ0) is 26.5. The largest absolute Gasteiger partial charge is 0.507 e. The monoisotopic (exact) mass is 502 g/mol. The van der Waals surface area contributed by atoms with Crippen LogP contribution < -0.4 is 14.2 Å². The van der Waals surface area contributed by atoms with Crippen molar-refractivity contribution in [2.24, 2.45) is 0 Å². The maximum absolute atomic E-state index is 13.4. The maximum atomic E-state index is 13.4. The second-order valence-electron chi connectivity index (χ2n) is 8.73. The van der Waals surface area contributed by atoms with Gasteiger partial charge >= 0.3 is 0 Å². The van der Waals surface area contributed by atoms with Crippen molar-refractivity contribution in [3.63, 3.8) is 0 Å². The molecule has 0 saturated carbocycles. The normalized spacial score (nSPS) is 16.6. The molecular formula is C29H30N2O6. The van der Waals surface area contributed by atoms with E-state index in [-0.39, 0.29) is 17.9 Å². The Morgan fingerprint density at radius 3 is 2.43 bits per heavy atom. The van der Waals surface area contributed by atoms with E-state index in [2.05, 4.69) is 4.98 Å². The summed E-state index contributed by atoms with van der Waals surface area (Å²) < 4.78 is 16.6. The number of methoxy groups -OCH3 is 2. The summed E-state index contributed by atoms with van der Waals surface area (Å²) in [5, 5.41) is 11.4. The second kappa shape index (κ2) is 11.2. The van der Waals surface area contributed by atoms with Crippen LogP contribution in [0.25, 0.3) is 5.76 Å². The van der Waals surface area contributed by atoms with Crippen LogP contribution >= 0.6 is 0 Å². The predicted octanol–water partition coefficient (Wildman–Crippen LogP) is 4.82. The van der Waals surface area contributed by atoms with E-state index in [1.165, 1.54) is 19.1 Å². The Morgan fingerprint density at radius 1 is 1.03 bits per heavy atom. The average Bonchev–Trinajstić information content (AvgIpc) is 3.17. The van der Waals surface area contributed by atoms with Gasteiger partial charge in [0.1, 0.15) is 11.5 Å². The number of carbonyl (C=O) groups excluding carboxylic acids is 2. The molecule has 0 spiro atoms. The van der Waals surface area contributed by atoms with Crippen LogP contribution in [-0.4, -0.2) is 47.5 Å². The third kappa shape index (κ3) is 5.14. The van der Waals surface area contributed by atoms with E-state index < -0.39 is 17.7 Å². The quantitative estimate of drug-likeness (QED) is 0.255. The summed E-state index contributed by atoms with van der Waals surface area (Å²) >= 11 is 0. The fourth-order valence-electron chi connectivity index (χ4n) is 4.43. The molecule has 1 unspecified atom stereocenters. The number of aryl methyl sites for hydroxylation is 1. The van der Waals surface area contributed by atoms with Gasteiger partial charge in [-0.15, -0.1) is 0 Å². The first-order chi connectivity index (χ1) is 17.9. The molecule has 1 fully saturated rings. The number of rotatable bonds is 9. The SMILES string of the molecule is CCCOc1ccc(C(O)=C2C(=O)C(=O)N(Cc3cccnc3)C2c2ccc(OC)c(OC)c2)cc1C. The van der Waals surface area contributed by atoms with E-state index >= 15 is 0 Å². The fraction of sp³-hybridized carbons (Fsp3) is 0.276. The Balaban J connectivity index is 1.85. The van der Waals surface area contributed by atoms with E-state index in [0.717, 1.165) is 17.5 Å². The van der Waals surface area contributed by atoms with Crippen molar-refractivity contribution in [2.75, 3.05) is 20.8 Å².